The third-order valence-corrected chi connectivity index (χ3v) is 2.96. The number of benzene rings is 1. The van der Waals surface area contributed by atoms with E-state index in [1.54, 1.807) is 6.92 Å². The van der Waals surface area contributed by atoms with Crippen LogP contribution in [-0.4, -0.2) is 34.2 Å². The average molecular weight is 296 g/mol. The molecule has 1 atom stereocenters. The third kappa shape index (κ3) is 4.42. The van der Waals surface area contributed by atoms with Gasteiger partial charge in [0.1, 0.15) is 17.9 Å². The molecule has 7 heteroatoms. The van der Waals surface area contributed by atoms with Gasteiger partial charge < -0.3 is 9.84 Å². The number of hydrogen-bond acceptors (Lipinski definition) is 5. The summed E-state index contributed by atoms with van der Waals surface area (Å²) in [5, 5.41) is 22.9. The van der Waals surface area contributed by atoms with Crippen molar-refractivity contribution in [1.29, 1.82) is 0 Å². The molecule has 21 heavy (non-hydrogen) atoms. The van der Waals surface area contributed by atoms with E-state index in [0.29, 0.717) is 11.3 Å². The Morgan fingerprint density at radius 3 is 2.57 bits per heavy atom. The molecule has 0 fully saturated rings. The number of hydrogen-bond donors (Lipinski definition) is 2. The van der Waals surface area contributed by atoms with Crippen molar-refractivity contribution in [2.75, 3.05) is 6.61 Å². The highest BCUT2D eigenvalue weighted by molar-refractivity contribution is 5.78. The zero-order valence-corrected chi connectivity index (χ0v) is 12.5. The molecule has 1 unspecified atom stereocenters. The molecule has 0 aromatic heterocycles. The molecule has 2 N–H and O–H groups in total. The second-order valence-electron chi connectivity index (χ2n) is 5.43. The van der Waals surface area contributed by atoms with Gasteiger partial charge in [0.05, 0.1) is 4.92 Å². The molecule has 0 spiro atoms. The van der Waals surface area contributed by atoms with E-state index in [9.17, 15) is 20.0 Å². The lowest BCUT2D eigenvalue weighted by Crippen LogP contribution is -2.56. The Morgan fingerprint density at radius 1 is 1.52 bits per heavy atom. The Hall–Kier alpha value is -2.15. The number of aryl methyl sites for hydroxylation is 1. The van der Waals surface area contributed by atoms with Gasteiger partial charge in [-0.15, -0.1) is 0 Å². The predicted molar refractivity (Wildman–Crippen MR) is 77.6 cm³/mol. The fourth-order valence-electron chi connectivity index (χ4n) is 1.93. The summed E-state index contributed by atoms with van der Waals surface area (Å²) in [5.41, 5.74) is -0.676. The van der Waals surface area contributed by atoms with Gasteiger partial charge in [-0.25, -0.2) is 0 Å². The lowest BCUT2D eigenvalue weighted by atomic mass is 10.0. The molecule has 0 heterocycles. The normalized spacial score (nSPS) is 13.8. The van der Waals surface area contributed by atoms with Crippen molar-refractivity contribution in [3.63, 3.8) is 0 Å². The van der Waals surface area contributed by atoms with Crippen LogP contribution < -0.4 is 10.1 Å². The van der Waals surface area contributed by atoms with E-state index >= 15 is 0 Å². The summed E-state index contributed by atoms with van der Waals surface area (Å²) in [7, 11) is 0. The van der Waals surface area contributed by atoms with E-state index in [1.807, 2.05) is 13.8 Å². The quantitative estimate of drug-likeness (QED) is 0.590. The Balaban J connectivity index is 2.86. The summed E-state index contributed by atoms with van der Waals surface area (Å²) in [4.78, 5) is 21.6. The first-order valence-corrected chi connectivity index (χ1v) is 6.54. The van der Waals surface area contributed by atoms with Crippen molar-refractivity contribution in [1.82, 2.24) is 5.32 Å². The molecule has 1 aromatic carbocycles. The number of nitro benzene ring substituents is 1. The molecule has 0 amide bonds. The standard InChI is InChI=1S/C14H20N2O5/c1-9(2)15-14(4,13(17)18)8-21-12-6-5-11(16(19)20)7-10(12)3/h5-7,9,15H,8H2,1-4H3,(H,17,18). The van der Waals surface area contributed by atoms with Crippen LogP contribution in [0.25, 0.3) is 0 Å². The molecule has 0 bridgehead atoms. The van der Waals surface area contributed by atoms with Gasteiger partial charge >= 0.3 is 5.97 Å². The average Bonchev–Trinajstić information content (AvgIpc) is 2.36. The van der Waals surface area contributed by atoms with E-state index < -0.39 is 16.4 Å². The van der Waals surface area contributed by atoms with Crippen molar-refractivity contribution in [2.24, 2.45) is 0 Å². The lowest BCUT2D eigenvalue weighted by Gasteiger charge is -2.28. The maximum atomic E-state index is 11.4. The van der Waals surface area contributed by atoms with Gasteiger partial charge in [-0.2, -0.15) is 0 Å². The van der Waals surface area contributed by atoms with Crippen LogP contribution in [0.5, 0.6) is 5.75 Å². The Kier molecular flexibility index (Phi) is 5.26. The monoisotopic (exact) mass is 296 g/mol. The Bertz CT molecular complexity index is 544. The first-order valence-electron chi connectivity index (χ1n) is 6.54. The highest BCUT2D eigenvalue weighted by Crippen LogP contribution is 2.24. The molecular formula is C14H20N2O5. The number of carbonyl (C=O) groups is 1. The van der Waals surface area contributed by atoms with Gasteiger partial charge in [-0.1, -0.05) is 0 Å². The Morgan fingerprint density at radius 2 is 2.14 bits per heavy atom. The summed E-state index contributed by atoms with van der Waals surface area (Å²) in [6.07, 6.45) is 0. The van der Waals surface area contributed by atoms with Crippen molar-refractivity contribution in [3.05, 3.63) is 33.9 Å². The summed E-state index contributed by atoms with van der Waals surface area (Å²) in [6, 6.07) is 4.18. The van der Waals surface area contributed by atoms with Crippen LogP contribution in [0.2, 0.25) is 0 Å². The highest BCUT2D eigenvalue weighted by Gasteiger charge is 2.34. The molecule has 116 valence electrons. The SMILES string of the molecule is Cc1cc([N+](=O)[O-])ccc1OCC(C)(NC(C)C)C(=O)O. The third-order valence-electron chi connectivity index (χ3n) is 2.96. The first-order chi connectivity index (χ1) is 9.65. The molecule has 0 saturated heterocycles. The summed E-state index contributed by atoms with van der Waals surface area (Å²) >= 11 is 0. The van der Waals surface area contributed by atoms with Crippen LogP contribution in [0.1, 0.15) is 26.3 Å². The van der Waals surface area contributed by atoms with Crippen LogP contribution in [0.4, 0.5) is 5.69 Å². The lowest BCUT2D eigenvalue weighted by molar-refractivity contribution is -0.384. The smallest absolute Gasteiger partial charge is 0.327 e. The molecule has 0 saturated carbocycles. The molecule has 0 aliphatic rings. The molecular weight excluding hydrogens is 276 g/mol. The topological polar surface area (TPSA) is 102 Å². The first kappa shape index (κ1) is 16.9. The number of aliphatic carboxylic acids is 1. The van der Waals surface area contributed by atoms with Crippen molar-refractivity contribution in [2.45, 2.75) is 39.3 Å². The van der Waals surface area contributed by atoms with Gasteiger partial charge in [-0.3, -0.25) is 20.2 Å². The number of nitro groups is 1. The van der Waals surface area contributed by atoms with E-state index in [4.69, 9.17) is 4.74 Å². The van der Waals surface area contributed by atoms with Gasteiger partial charge in [-0.05, 0) is 39.3 Å². The number of carboxylic acids is 1. The van der Waals surface area contributed by atoms with Crippen LogP contribution in [-0.2, 0) is 4.79 Å². The molecule has 0 aliphatic heterocycles. The predicted octanol–water partition coefficient (Wildman–Crippen LogP) is 2.12. The zero-order chi connectivity index (χ0) is 16.2. The number of nitrogens with zero attached hydrogens (tertiary/aromatic N) is 1. The fourth-order valence-corrected chi connectivity index (χ4v) is 1.93. The number of nitrogens with one attached hydrogen (secondary N) is 1. The number of ether oxygens (including phenoxy) is 1. The minimum atomic E-state index is -1.23. The minimum Gasteiger partial charge on any atom is -0.491 e. The minimum absolute atomic E-state index is 0.0207. The summed E-state index contributed by atoms with van der Waals surface area (Å²) in [5.74, 6) is -0.589. The summed E-state index contributed by atoms with van der Waals surface area (Å²) in [6.45, 7) is 6.82. The van der Waals surface area contributed by atoms with E-state index in [1.165, 1.54) is 25.1 Å². The maximum absolute atomic E-state index is 11.4. The number of rotatable bonds is 7. The van der Waals surface area contributed by atoms with Crippen LogP contribution in [0.3, 0.4) is 0 Å². The highest BCUT2D eigenvalue weighted by atomic mass is 16.6. The van der Waals surface area contributed by atoms with E-state index in [-0.39, 0.29) is 18.3 Å². The largest absolute Gasteiger partial charge is 0.491 e. The van der Waals surface area contributed by atoms with Crippen molar-refractivity contribution in [3.8, 4) is 5.75 Å². The Labute approximate surface area is 123 Å². The van der Waals surface area contributed by atoms with Crippen molar-refractivity contribution < 1.29 is 19.6 Å². The van der Waals surface area contributed by atoms with Gasteiger partial charge in [0, 0.05) is 18.2 Å². The van der Waals surface area contributed by atoms with Crippen LogP contribution >= 0.6 is 0 Å². The number of carboxylic acid groups (broad SMARTS) is 1. The van der Waals surface area contributed by atoms with E-state index in [0.717, 1.165) is 0 Å². The van der Waals surface area contributed by atoms with E-state index in [2.05, 4.69) is 5.32 Å². The van der Waals surface area contributed by atoms with Crippen molar-refractivity contribution >= 4 is 11.7 Å². The van der Waals surface area contributed by atoms with Crippen LogP contribution in [0.15, 0.2) is 18.2 Å². The number of non-ortho nitro benzene ring substituents is 1. The molecule has 0 radical (unpaired) electrons. The molecule has 0 aliphatic carbocycles. The van der Waals surface area contributed by atoms with Gasteiger partial charge in [0.25, 0.3) is 5.69 Å². The maximum Gasteiger partial charge on any atom is 0.327 e. The molecule has 1 aromatic rings. The second kappa shape index (κ2) is 6.53. The second-order valence-corrected chi connectivity index (χ2v) is 5.43. The van der Waals surface area contributed by atoms with Crippen LogP contribution in [0, 0.1) is 17.0 Å². The molecule has 1 rings (SSSR count). The molecule has 7 nitrogen and oxygen atoms in total. The fraction of sp³-hybridized carbons (Fsp3) is 0.500. The summed E-state index contributed by atoms with van der Waals surface area (Å²) < 4.78 is 5.53. The van der Waals surface area contributed by atoms with Gasteiger partial charge in [0.15, 0.2) is 0 Å². The van der Waals surface area contributed by atoms with Gasteiger partial charge in [0.2, 0.25) is 0 Å². The zero-order valence-electron chi connectivity index (χ0n) is 12.5.